The van der Waals surface area contributed by atoms with Gasteiger partial charge in [0, 0.05) is 42.8 Å². The van der Waals surface area contributed by atoms with Gasteiger partial charge in [-0.25, -0.2) is 4.39 Å². The standard InChI is InChI=1S/C12H15Cl2FN2.ClH/c1-8(17-6-4-16-5-7-17)11-9(13)2-3-10(14)12(11)15;/h2-3,8,16H,4-7H2,1H3;1H/t8-;/m0./s1. The molecule has 2 nitrogen and oxygen atoms in total. The third-order valence-electron chi connectivity index (χ3n) is 3.20. The quantitative estimate of drug-likeness (QED) is 0.841. The first kappa shape index (κ1) is 16.0. The summed E-state index contributed by atoms with van der Waals surface area (Å²) in [5.74, 6) is -0.398. The van der Waals surface area contributed by atoms with E-state index in [0.29, 0.717) is 10.6 Å². The van der Waals surface area contributed by atoms with E-state index in [-0.39, 0.29) is 23.5 Å². The van der Waals surface area contributed by atoms with Crippen LogP contribution in [0.3, 0.4) is 0 Å². The molecule has 1 fully saturated rings. The summed E-state index contributed by atoms with van der Waals surface area (Å²) < 4.78 is 14.0. The number of piperazine rings is 1. The van der Waals surface area contributed by atoms with E-state index in [4.69, 9.17) is 23.2 Å². The average molecular weight is 314 g/mol. The number of nitrogens with one attached hydrogen (secondary N) is 1. The SMILES string of the molecule is C[C@@H](c1c(Cl)ccc(Cl)c1F)N1CCNCC1.Cl. The molecule has 1 atom stereocenters. The molecule has 0 spiro atoms. The zero-order valence-corrected chi connectivity index (χ0v) is 12.4. The summed E-state index contributed by atoms with van der Waals surface area (Å²) in [6, 6.07) is 3.09. The molecule has 0 unspecified atom stereocenters. The lowest BCUT2D eigenvalue weighted by molar-refractivity contribution is 0.182. The number of hydrogen-bond acceptors (Lipinski definition) is 2. The molecular formula is C12H16Cl3FN2. The van der Waals surface area contributed by atoms with Gasteiger partial charge in [-0.15, -0.1) is 12.4 Å². The molecule has 0 saturated carbocycles. The van der Waals surface area contributed by atoms with Crippen molar-refractivity contribution >= 4 is 35.6 Å². The third-order valence-corrected chi connectivity index (χ3v) is 3.82. The fraction of sp³-hybridized carbons (Fsp3) is 0.500. The van der Waals surface area contributed by atoms with Crippen molar-refractivity contribution in [2.24, 2.45) is 0 Å². The molecule has 0 bridgehead atoms. The fourth-order valence-corrected chi connectivity index (χ4v) is 2.65. The van der Waals surface area contributed by atoms with Crippen molar-refractivity contribution in [1.82, 2.24) is 10.2 Å². The van der Waals surface area contributed by atoms with Crippen molar-refractivity contribution in [3.8, 4) is 0 Å². The molecule has 1 saturated heterocycles. The summed E-state index contributed by atoms with van der Waals surface area (Å²) in [7, 11) is 0. The van der Waals surface area contributed by atoms with E-state index < -0.39 is 5.82 Å². The van der Waals surface area contributed by atoms with Crippen LogP contribution >= 0.6 is 35.6 Å². The zero-order valence-electron chi connectivity index (χ0n) is 10.0. The van der Waals surface area contributed by atoms with Gasteiger partial charge in [-0.3, -0.25) is 4.90 Å². The van der Waals surface area contributed by atoms with Crippen LogP contribution in [-0.4, -0.2) is 31.1 Å². The maximum atomic E-state index is 14.0. The van der Waals surface area contributed by atoms with Gasteiger partial charge in [0.1, 0.15) is 5.82 Å². The van der Waals surface area contributed by atoms with Crippen LogP contribution in [0.25, 0.3) is 0 Å². The summed E-state index contributed by atoms with van der Waals surface area (Å²) in [4.78, 5) is 2.21. The Morgan fingerprint density at radius 3 is 2.39 bits per heavy atom. The second kappa shape index (κ2) is 6.92. The number of rotatable bonds is 2. The van der Waals surface area contributed by atoms with Crippen LogP contribution in [0.1, 0.15) is 18.5 Å². The zero-order chi connectivity index (χ0) is 12.4. The van der Waals surface area contributed by atoms with Crippen molar-refractivity contribution in [3.05, 3.63) is 33.6 Å². The molecule has 6 heteroatoms. The number of hydrogen-bond donors (Lipinski definition) is 1. The lowest BCUT2D eigenvalue weighted by atomic mass is 10.1. The first-order chi connectivity index (χ1) is 8.11. The Balaban J connectivity index is 0.00000162. The molecule has 1 aliphatic rings. The largest absolute Gasteiger partial charge is 0.314 e. The lowest BCUT2D eigenvalue weighted by Gasteiger charge is -2.33. The second-order valence-corrected chi connectivity index (χ2v) is 5.03. The van der Waals surface area contributed by atoms with E-state index in [2.05, 4.69) is 10.2 Å². The molecule has 0 aromatic heterocycles. The highest BCUT2D eigenvalue weighted by Gasteiger charge is 2.24. The highest BCUT2D eigenvalue weighted by Crippen LogP contribution is 2.33. The Morgan fingerprint density at radius 1 is 1.22 bits per heavy atom. The minimum absolute atomic E-state index is 0. The van der Waals surface area contributed by atoms with Crippen LogP contribution in [0.4, 0.5) is 4.39 Å². The van der Waals surface area contributed by atoms with E-state index in [1.807, 2.05) is 6.92 Å². The van der Waals surface area contributed by atoms with Gasteiger partial charge < -0.3 is 5.32 Å². The van der Waals surface area contributed by atoms with Gasteiger partial charge in [-0.05, 0) is 19.1 Å². The number of benzene rings is 1. The van der Waals surface area contributed by atoms with E-state index in [1.54, 1.807) is 6.07 Å². The second-order valence-electron chi connectivity index (χ2n) is 4.22. The predicted octanol–water partition coefficient (Wildman–Crippen LogP) is 3.52. The summed E-state index contributed by atoms with van der Waals surface area (Å²) in [5.41, 5.74) is 0.501. The van der Waals surface area contributed by atoms with E-state index in [1.165, 1.54) is 6.07 Å². The van der Waals surface area contributed by atoms with Crippen LogP contribution in [0.5, 0.6) is 0 Å². The van der Waals surface area contributed by atoms with Crippen LogP contribution < -0.4 is 5.32 Å². The molecule has 0 aliphatic carbocycles. The Morgan fingerprint density at radius 2 is 1.78 bits per heavy atom. The Bertz CT molecular complexity index is 409. The van der Waals surface area contributed by atoms with Crippen molar-refractivity contribution in [2.45, 2.75) is 13.0 Å². The van der Waals surface area contributed by atoms with Crippen LogP contribution in [0.2, 0.25) is 10.0 Å². The van der Waals surface area contributed by atoms with Crippen molar-refractivity contribution < 1.29 is 4.39 Å². The fourth-order valence-electron chi connectivity index (χ4n) is 2.18. The molecule has 1 aliphatic heterocycles. The van der Waals surface area contributed by atoms with Gasteiger partial charge >= 0.3 is 0 Å². The Kier molecular flexibility index (Phi) is 6.15. The Labute approximate surface area is 123 Å². The number of nitrogens with zero attached hydrogens (tertiary/aromatic N) is 1. The van der Waals surface area contributed by atoms with Crippen LogP contribution in [0.15, 0.2) is 12.1 Å². The van der Waals surface area contributed by atoms with Crippen molar-refractivity contribution in [1.29, 1.82) is 0 Å². The molecule has 0 radical (unpaired) electrons. The first-order valence-corrected chi connectivity index (χ1v) is 6.45. The number of halogens is 4. The highest BCUT2D eigenvalue weighted by atomic mass is 35.5. The summed E-state index contributed by atoms with van der Waals surface area (Å²) in [6.07, 6.45) is 0. The van der Waals surface area contributed by atoms with E-state index in [9.17, 15) is 4.39 Å². The summed E-state index contributed by atoms with van der Waals surface area (Å²) >= 11 is 11.9. The van der Waals surface area contributed by atoms with E-state index >= 15 is 0 Å². The minimum atomic E-state index is -0.398. The average Bonchev–Trinajstić information content (AvgIpc) is 2.35. The maximum Gasteiger partial charge on any atom is 0.148 e. The van der Waals surface area contributed by atoms with Crippen molar-refractivity contribution in [2.75, 3.05) is 26.2 Å². The van der Waals surface area contributed by atoms with Crippen LogP contribution in [0, 0.1) is 5.82 Å². The molecular weight excluding hydrogens is 298 g/mol. The van der Waals surface area contributed by atoms with Gasteiger partial charge in [0.05, 0.1) is 5.02 Å². The Hall–Kier alpha value is -0.0600. The molecule has 2 rings (SSSR count). The van der Waals surface area contributed by atoms with Gasteiger partial charge in [0.2, 0.25) is 0 Å². The van der Waals surface area contributed by atoms with Gasteiger partial charge in [-0.2, -0.15) is 0 Å². The highest BCUT2D eigenvalue weighted by molar-refractivity contribution is 6.33. The first-order valence-electron chi connectivity index (χ1n) is 5.69. The molecule has 1 heterocycles. The maximum absolute atomic E-state index is 14.0. The van der Waals surface area contributed by atoms with E-state index in [0.717, 1.165) is 26.2 Å². The lowest BCUT2D eigenvalue weighted by Crippen LogP contribution is -2.44. The summed E-state index contributed by atoms with van der Waals surface area (Å²) in [6.45, 7) is 5.59. The monoisotopic (exact) mass is 312 g/mol. The molecule has 1 aromatic carbocycles. The molecule has 1 aromatic rings. The molecule has 102 valence electrons. The normalized spacial score (nSPS) is 18.2. The molecule has 1 N–H and O–H groups in total. The van der Waals surface area contributed by atoms with Crippen LogP contribution in [-0.2, 0) is 0 Å². The smallest absolute Gasteiger partial charge is 0.148 e. The van der Waals surface area contributed by atoms with Crippen molar-refractivity contribution in [3.63, 3.8) is 0 Å². The van der Waals surface area contributed by atoms with Gasteiger partial charge in [0.15, 0.2) is 0 Å². The minimum Gasteiger partial charge on any atom is -0.314 e. The topological polar surface area (TPSA) is 15.3 Å². The molecule has 18 heavy (non-hydrogen) atoms. The van der Waals surface area contributed by atoms with Gasteiger partial charge in [-0.1, -0.05) is 23.2 Å². The van der Waals surface area contributed by atoms with Gasteiger partial charge in [0.25, 0.3) is 0 Å². The molecule has 0 amide bonds. The summed E-state index contributed by atoms with van der Waals surface area (Å²) in [5, 5.41) is 3.84. The predicted molar refractivity (Wildman–Crippen MR) is 76.5 cm³/mol. The third kappa shape index (κ3) is 3.28.